The highest BCUT2D eigenvalue weighted by Crippen LogP contribution is 2.26. The fourth-order valence-electron chi connectivity index (χ4n) is 5.83. The maximum atomic E-state index is 13.2. The first kappa shape index (κ1) is 41.4. The normalized spacial score (nSPS) is 11.2. The lowest BCUT2D eigenvalue weighted by Gasteiger charge is -2.24. The van der Waals surface area contributed by atoms with Crippen molar-refractivity contribution in [1.82, 2.24) is 0 Å². The minimum Gasteiger partial charge on any atom is -0.494 e. The number of carbonyl (C=O) groups is 2. The van der Waals surface area contributed by atoms with Gasteiger partial charge in [0.1, 0.15) is 12.4 Å². The molecule has 0 spiro atoms. The molecule has 54 heavy (non-hydrogen) atoms. The minimum absolute atomic E-state index is 0.165. The first-order valence-electron chi connectivity index (χ1n) is 19.4. The molecule has 0 bridgehead atoms. The van der Waals surface area contributed by atoms with E-state index in [1.165, 1.54) is 64.5 Å². The van der Waals surface area contributed by atoms with Crippen molar-refractivity contribution in [1.29, 1.82) is 0 Å². The highest BCUT2D eigenvalue weighted by Gasteiger charge is 2.16. The van der Waals surface area contributed by atoms with Gasteiger partial charge < -0.3 is 19.1 Å². The van der Waals surface area contributed by atoms with Gasteiger partial charge in [0.05, 0.1) is 54.1 Å². The van der Waals surface area contributed by atoms with Crippen molar-refractivity contribution in [3.05, 3.63) is 108 Å². The minimum atomic E-state index is -0.537. The first-order valence-corrected chi connectivity index (χ1v) is 19.4. The molecule has 0 radical (unpaired) electrons. The maximum Gasteiger partial charge on any atom is 0.338 e. The zero-order valence-electron chi connectivity index (χ0n) is 32.1. The third kappa shape index (κ3) is 14.9. The second-order valence-corrected chi connectivity index (χ2v) is 13.2. The lowest BCUT2D eigenvalue weighted by Crippen LogP contribution is -2.29. The predicted octanol–water partition coefficient (Wildman–Crippen LogP) is 12.7. The van der Waals surface area contributed by atoms with Crippen LogP contribution in [0.4, 0.5) is 28.4 Å². The standard InChI is InChI=1S/C44H55N5O5/c1-4-6-7-8-9-10-11-12-13-17-30-53-42-33-35(43(50)52-3)32-36(34-42)44(51)54-31-29-49(28-5-2)41-26-24-40(25-27-41)48-47-39-22-20-38(21-23-39)46-45-37-18-15-14-16-19-37/h14-16,18-27,32-34H,4-13,17,28-31H2,1-3H3. The van der Waals surface area contributed by atoms with Crippen LogP contribution in [0.5, 0.6) is 5.75 Å². The lowest BCUT2D eigenvalue weighted by atomic mass is 10.1. The second kappa shape index (κ2) is 24.0. The van der Waals surface area contributed by atoms with Crippen LogP contribution in [0.25, 0.3) is 0 Å². The van der Waals surface area contributed by atoms with Gasteiger partial charge in [-0.3, -0.25) is 0 Å². The fraction of sp³-hybridized carbons (Fsp3) is 0.409. The average molecular weight is 734 g/mol. The smallest absolute Gasteiger partial charge is 0.338 e. The summed E-state index contributed by atoms with van der Waals surface area (Å²) in [7, 11) is 1.32. The molecule has 0 aliphatic rings. The Morgan fingerprint density at radius 3 is 1.57 bits per heavy atom. The van der Waals surface area contributed by atoms with Crippen molar-refractivity contribution in [2.45, 2.75) is 84.5 Å². The maximum absolute atomic E-state index is 13.2. The molecule has 0 amide bonds. The Kier molecular flexibility index (Phi) is 18.4. The van der Waals surface area contributed by atoms with Gasteiger partial charge in [-0.2, -0.15) is 20.5 Å². The number of hydrogen-bond acceptors (Lipinski definition) is 10. The summed E-state index contributed by atoms with van der Waals surface area (Å²) in [6.45, 7) is 6.29. The number of ether oxygens (including phenoxy) is 3. The molecule has 4 aromatic rings. The number of azo groups is 2. The Labute approximate surface area is 320 Å². The Balaban J connectivity index is 1.25. The highest BCUT2D eigenvalue weighted by atomic mass is 16.5. The molecule has 0 unspecified atom stereocenters. The van der Waals surface area contributed by atoms with E-state index in [-0.39, 0.29) is 17.7 Å². The van der Waals surface area contributed by atoms with Gasteiger partial charge in [0.15, 0.2) is 0 Å². The van der Waals surface area contributed by atoms with Crippen molar-refractivity contribution >= 4 is 40.4 Å². The van der Waals surface area contributed by atoms with Crippen molar-refractivity contribution in [2.24, 2.45) is 20.5 Å². The van der Waals surface area contributed by atoms with E-state index in [2.05, 4.69) is 39.2 Å². The van der Waals surface area contributed by atoms with Gasteiger partial charge in [-0.05, 0) is 91.7 Å². The van der Waals surface area contributed by atoms with E-state index in [4.69, 9.17) is 14.2 Å². The number of methoxy groups -OCH3 is 1. The Morgan fingerprint density at radius 2 is 1.04 bits per heavy atom. The molecule has 0 aliphatic heterocycles. The molecular formula is C44H55N5O5. The molecule has 0 aliphatic carbocycles. The topological polar surface area (TPSA) is 115 Å². The number of nitrogens with zero attached hydrogens (tertiary/aromatic N) is 5. The molecule has 10 heteroatoms. The van der Waals surface area contributed by atoms with Gasteiger partial charge in [0.2, 0.25) is 0 Å². The van der Waals surface area contributed by atoms with Crippen LogP contribution in [0.1, 0.15) is 105 Å². The van der Waals surface area contributed by atoms with Crippen molar-refractivity contribution < 1.29 is 23.8 Å². The number of unbranched alkanes of at least 4 members (excludes halogenated alkanes) is 9. The molecule has 286 valence electrons. The Bertz CT molecular complexity index is 1740. The van der Waals surface area contributed by atoms with Gasteiger partial charge in [0, 0.05) is 12.2 Å². The third-order valence-corrected chi connectivity index (χ3v) is 8.80. The van der Waals surface area contributed by atoms with Gasteiger partial charge in [-0.1, -0.05) is 89.8 Å². The van der Waals surface area contributed by atoms with E-state index in [9.17, 15) is 9.59 Å². The van der Waals surface area contributed by atoms with Crippen LogP contribution in [0, 0.1) is 0 Å². The highest BCUT2D eigenvalue weighted by molar-refractivity contribution is 5.96. The Morgan fingerprint density at radius 1 is 0.537 bits per heavy atom. The van der Waals surface area contributed by atoms with Crippen LogP contribution in [0.3, 0.4) is 0 Å². The average Bonchev–Trinajstić information content (AvgIpc) is 3.21. The molecular weight excluding hydrogens is 679 g/mol. The van der Waals surface area contributed by atoms with Gasteiger partial charge in [-0.15, -0.1) is 0 Å². The van der Waals surface area contributed by atoms with E-state index >= 15 is 0 Å². The molecule has 0 N–H and O–H groups in total. The summed E-state index contributed by atoms with van der Waals surface area (Å²) in [5.41, 5.74) is 4.42. The molecule has 0 atom stereocenters. The van der Waals surface area contributed by atoms with E-state index in [0.29, 0.717) is 30.3 Å². The first-order chi connectivity index (χ1) is 26.5. The molecule has 0 saturated carbocycles. The van der Waals surface area contributed by atoms with Gasteiger partial charge >= 0.3 is 11.9 Å². The van der Waals surface area contributed by atoms with Crippen molar-refractivity contribution in [2.75, 3.05) is 38.3 Å². The predicted molar refractivity (Wildman–Crippen MR) is 216 cm³/mol. The number of hydrogen-bond donors (Lipinski definition) is 0. The van der Waals surface area contributed by atoms with Crippen LogP contribution in [0.15, 0.2) is 118 Å². The monoisotopic (exact) mass is 733 g/mol. The summed E-state index contributed by atoms with van der Waals surface area (Å²) < 4.78 is 16.6. The van der Waals surface area contributed by atoms with Crippen LogP contribution in [-0.4, -0.2) is 45.4 Å². The van der Waals surface area contributed by atoms with Crippen LogP contribution >= 0.6 is 0 Å². The summed E-state index contributed by atoms with van der Waals surface area (Å²) >= 11 is 0. The van der Waals surface area contributed by atoms with Crippen molar-refractivity contribution in [3.8, 4) is 5.75 Å². The molecule has 0 aromatic heterocycles. The molecule has 0 fully saturated rings. The van der Waals surface area contributed by atoms with Crippen LogP contribution in [0.2, 0.25) is 0 Å². The molecule has 4 rings (SSSR count). The van der Waals surface area contributed by atoms with Crippen molar-refractivity contribution in [3.63, 3.8) is 0 Å². The zero-order valence-corrected chi connectivity index (χ0v) is 32.1. The molecule has 4 aromatic carbocycles. The van der Waals surface area contributed by atoms with Gasteiger partial charge in [0.25, 0.3) is 0 Å². The van der Waals surface area contributed by atoms with Crippen LogP contribution < -0.4 is 9.64 Å². The number of benzene rings is 4. The largest absolute Gasteiger partial charge is 0.494 e. The molecule has 10 nitrogen and oxygen atoms in total. The van der Waals surface area contributed by atoms with E-state index in [1.807, 2.05) is 78.9 Å². The summed E-state index contributed by atoms with van der Waals surface area (Å²) in [5, 5.41) is 17.3. The molecule has 0 heterocycles. The summed E-state index contributed by atoms with van der Waals surface area (Å²) in [6, 6.07) is 29.5. The quantitative estimate of drug-likeness (QED) is 0.0402. The van der Waals surface area contributed by atoms with E-state index in [1.54, 1.807) is 12.1 Å². The second-order valence-electron chi connectivity index (χ2n) is 13.2. The number of rotatable bonds is 24. The number of carbonyl (C=O) groups excluding carboxylic acids is 2. The summed E-state index contributed by atoms with van der Waals surface area (Å²) in [5.74, 6) is -0.609. The number of anilines is 1. The zero-order chi connectivity index (χ0) is 38.2. The number of esters is 2. The lowest BCUT2D eigenvalue weighted by molar-refractivity contribution is 0.0514. The fourth-order valence-corrected chi connectivity index (χ4v) is 5.83. The van der Waals surface area contributed by atoms with Gasteiger partial charge in [-0.25, -0.2) is 9.59 Å². The van der Waals surface area contributed by atoms with E-state index in [0.717, 1.165) is 42.9 Å². The van der Waals surface area contributed by atoms with Crippen LogP contribution in [-0.2, 0) is 9.47 Å². The molecule has 0 saturated heterocycles. The third-order valence-electron chi connectivity index (χ3n) is 8.80. The summed E-state index contributed by atoms with van der Waals surface area (Å²) in [4.78, 5) is 27.7. The SMILES string of the molecule is CCCCCCCCCCCCOc1cc(C(=O)OC)cc(C(=O)OCCN(CCC)c2ccc(N=Nc3ccc(N=Nc4ccccc4)cc3)cc2)c1. The van der Waals surface area contributed by atoms with E-state index < -0.39 is 11.9 Å². The Hall–Kier alpha value is -5.38. The summed E-state index contributed by atoms with van der Waals surface area (Å²) in [6.07, 6.45) is 13.2.